The van der Waals surface area contributed by atoms with E-state index in [1.807, 2.05) is 17.4 Å². The maximum atomic E-state index is 11.9. The molecule has 132 valence electrons. The molecule has 3 N–H and O–H groups in total. The minimum atomic E-state index is -1.15. The van der Waals surface area contributed by atoms with Crippen LogP contribution in [-0.4, -0.2) is 30.1 Å². The van der Waals surface area contributed by atoms with Gasteiger partial charge in [-0.05, 0) is 37.0 Å². The summed E-state index contributed by atoms with van der Waals surface area (Å²) < 4.78 is 10.4. The molecule has 7 nitrogen and oxygen atoms in total. The smallest absolute Gasteiger partial charge is 0.347 e. The Bertz CT molecular complexity index is 604. The molecule has 0 aliphatic carbocycles. The van der Waals surface area contributed by atoms with Crippen molar-refractivity contribution in [2.45, 2.75) is 52.2 Å². The SMILES string of the molecule is C[C@H](Oc1ccc(C(C)(C)C)cc1)C(=O)O[C@H](C)C(=O)NC(N)=O. The van der Waals surface area contributed by atoms with Crippen molar-refractivity contribution < 1.29 is 23.9 Å². The molecule has 1 aromatic carbocycles. The molecule has 0 aliphatic rings. The molecule has 0 saturated carbocycles. The van der Waals surface area contributed by atoms with Crippen LogP contribution < -0.4 is 15.8 Å². The van der Waals surface area contributed by atoms with Gasteiger partial charge in [-0.25, -0.2) is 9.59 Å². The molecule has 0 unspecified atom stereocenters. The molecule has 0 saturated heterocycles. The Labute approximate surface area is 141 Å². The number of benzene rings is 1. The zero-order chi connectivity index (χ0) is 18.5. The van der Waals surface area contributed by atoms with Crippen LogP contribution in [0.4, 0.5) is 4.79 Å². The van der Waals surface area contributed by atoms with Crippen LogP contribution >= 0.6 is 0 Å². The lowest BCUT2D eigenvalue weighted by molar-refractivity contribution is -0.160. The number of urea groups is 1. The predicted molar refractivity (Wildman–Crippen MR) is 88.5 cm³/mol. The van der Waals surface area contributed by atoms with Crippen molar-refractivity contribution in [1.29, 1.82) is 0 Å². The summed E-state index contributed by atoms with van der Waals surface area (Å²) in [4.78, 5) is 34.0. The van der Waals surface area contributed by atoms with Gasteiger partial charge in [0.15, 0.2) is 12.2 Å². The highest BCUT2D eigenvalue weighted by atomic mass is 16.6. The molecule has 7 heteroatoms. The van der Waals surface area contributed by atoms with E-state index in [9.17, 15) is 14.4 Å². The van der Waals surface area contributed by atoms with Gasteiger partial charge in [0.2, 0.25) is 0 Å². The van der Waals surface area contributed by atoms with Crippen LogP contribution in [0.1, 0.15) is 40.2 Å². The standard InChI is InChI=1S/C17H24N2O5/c1-10(14(20)19-16(18)22)24-15(21)11(2)23-13-8-6-12(7-9-13)17(3,4)5/h6-11H,1-5H3,(H3,18,19,20,22)/t10-,11+/m1/s1. The number of amides is 3. The van der Waals surface area contributed by atoms with E-state index in [-0.39, 0.29) is 5.41 Å². The van der Waals surface area contributed by atoms with Gasteiger partial charge in [0.05, 0.1) is 0 Å². The van der Waals surface area contributed by atoms with E-state index in [0.29, 0.717) is 5.75 Å². The second-order valence-electron chi connectivity index (χ2n) is 6.47. The zero-order valence-corrected chi connectivity index (χ0v) is 14.6. The zero-order valence-electron chi connectivity index (χ0n) is 14.6. The lowest BCUT2D eigenvalue weighted by Gasteiger charge is -2.20. The molecule has 2 atom stereocenters. The first-order chi connectivity index (χ1) is 11.0. The van der Waals surface area contributed by atoms with E-state index in [1.54, 1.807) is 12.1 Å². The molecular formula is C17H24N2O5. The highest BCUT2D eigenvalue weighted by Crippen LogP contribution is 2.24. The summed E-state index contributed by atoms with van der Waals surface area (Å²) in [6, 6.07) is 6.39. The summed E-state index contributed by atoms with van der Waals surface area (Å²) >= 11 is 0. The van der Waals surface area contributed by atoms with Crippen molar-refractivity contribution in [2.24, 2.45) is 5.73 Å². The number of carbonyl (C=O) groups is 3. The highest BCUT2D eigenvalue weighted by molar-refractivity contribution is 5.96. The Morgan fingerprint density at radius 1 is 1.04 bits per heavy atom. The molecule has 0 radical (unpaired) electrons. The van der Waals surface area contributed by atoms with Crippen LogP contribution in [0.3, 0.4) is 0 Å². The van der Waals surface area contributed by atoms with Gasteiger partial charge in [-0.15, -0.1) is 0 Å². The number of esters is 1. The Morgan fingerprint density at radius 3 is 2.04 bits per heavy atom. The van der Waals surface area contributed by atoms with Crippen LogP contribution in [0.15, 0.2) is 24.3 Å². The first kappa shape index (κ1) is 19.5. The molecule has 1 rings (SSSR count). The first-order valence-corrected chi connectivity index (χ1v) is 7.58. The molecule has 1 aromatic rings. The van der Waals surface area contributed by atoms with E-state index < -0.39 is 30.1 Å². The monoisotopic (exact) mass is 336 g/mol. The third kappa shape index (κ3) is 5.91. The van der Waals surface area contributed by atoms with Gasteiger partial charge in [0, 0.05) is 0 Å². The molecule has 0 heterocycles. The normalized spacial score (nSPS) is 13.5. The Balaban J connectivity index is 2.61. The number of nitrogens with one attached hydrogen (secondary N) is 1. The maximum Gasteiger partial charge on any atom is 0.347 e. The number of rotatable bonds is 5. The summed E-state index contributed by atoms with van der Waals surface area (Å²) in [5.74, 6) is -0.999. The number of hydrogen-bond acceptors (Lipinski definition) is 5. The number of primary amides is 1. The minimum Gasteiger partial charge on any atom is -0.479 e. The summed E-state index contributed by atoms with van der Waals surface area (Å²) in [5.41, 5.74) is 5.99. The summed E-state index contributed by atoms with van der Waals surface area (Å²) in [6.45, 7) is 9.14. The van der Waals surface area contributed by atoms with Crippen LogP contribution in [-0.2, 0) is 19.7 Å². The fourth-order valence-electron chi connectivity index (χ4n) is 1.83. The molecule has 0 bridgehead atoms. The summed E-state index contributed by atoms with van der Waals surface area (Å²) in [5, 5.41) is 1.84. The van der Waals surface area contributed by atoms with Crippen molar-refractivity contribution >= 4 is 17.9 Å². The van der Waals surface area contributed by atoms with Crippen molar-refractivity contribution in [2.75, 3.05) is 0 Å². The lowest BCUT2D eigenvalue weighted by atomic mass is 9.87. The fourth-order valence-corrected chi connectivity index (χ4v) is 1.83. The largest absolute Gasteiger partial charge is 0.479 e. The predicted octanol–water partition coefficient (Wildman–Crippen LogP) is 1.88. The fraction of sp³-hybridized carbons (Fsp3) is 0.471. The van der Waals surface area contributed by atoms with Crippen LogP contribution in [0.5, 0.6) is 5.75 Å². The molecule has 0 aliphatic heterocycles. The summed E-state index contributed by atoms with van der Waals surface area (Å²) in [6.07, 6.45) is -2.06. The number of imide groups is 1. The second kappa shape index (κ2) is 7.81. The van der Waals surface area contributed by atoms with Crippen LogP contribution in [0, 0.1) is 0 Å². The average Bonchev–Trinajstić information content (AvgIpc) is 2.45. The topological polar surface area (TPSA) is 108 Å². The van der Waals surface area contributed by atoms with Crippen molar-refractivity contribution in [3.05, 3.63) is 29.8 Å². The number of nitrogens with two attached hydrogens (primary N) is 1. The number of carbonyl (C=O) groups excluding carboxylic acids is 3. The molecule has 3 amide bonds. The van der Waals surface area contributed by atoms with E-state index in [0.717, 1.165) is 5.56 Å². The number of ether oxygens (including phenoxy) is 2. The van der Waals surface area contributed by atoms with Crippen LogP contribution in [0.2, 0.25) is 0 Å². The molecule has 0 aromatic heterocycles. The lowest BCUT2D eigenvalue weighted by Crippen LogP contribution is -2.43. The second-order valence-corrected chi connectivity index (χ2v) is 6.47. The minimum absolute atomic E-state index is 0.0201. The van der Waals surface area contributed by atoms with Gasteiger partial charge >= 0.3 is 12.0 Å². The third-order valence-corrected chi connectivity index (χ3v) is 3.27. The van der Waals surface area contributed by atoms with Gasteiger partial charge in [0.1, 0.15) is 5.75 Å². The average molecular weight is 336 g/mol. The van der Waals surface area contributed by atoms with Gasteiger partial charge < -0.3 is 15.2 Å². The molecular weight excluding hydrogens is 312 g/mol. The Kier molecular flexibility index (Phi) is 6.34. The quantitative estimate of drug-likeness (QED) is 0.798. The van der Waals surface area contributed by atoms with Gasteiger partial charge in [-0.3, -0.25) is 10.1 Å². The molecule has 0 spiro atoms. The Hall–Kier alpha value is -2.57. The van der Waals surface area contributed by atoms with Crippen molar-refractivity contribution in [3.8, 4) is 5.75 Å². The molecule has 24 heavy (non-hydrogen) atoms. The summed E-state index contributed by atoms with van der Waals surface area (Å²) in [7, 11) is 0. The first-order valence-electron chi connectivity index (χ1n) is 7.58. The van der Waals surface area contributed by atoms with Gasteiger partial charge in [-0.1, -0.05) is 32.9 Å². The number of hydrogen-bond donors (Lipinski definition) is 2. The molecule has 0 fully saturated rings. The van der Waals surface area contributed by atoms with Crippen molar-refractivity contribution in [1.82, 2.24) is 5.32 Å². The Morgan fingerprint density at radius 2 is 1.58 bits per heavy atom. The van der Waals surface area contributed by atoms with Crippen LogP contribution in [0.25, 0.3) is 0 Å². The van der Waals surface area contributed by atoms with E-state index in [2.05, 4.69) is 20.8 Å². The van der Waals surface area contributed by atoms with Gasteiger partial charge in [0.25, 0.3) is 5.91 Å². The van der Waals surface area contributed by atoms with E-state index in [1.165, 1.54) is 13.8 Å². The van der Waals surface area contributed by atoms with E-state index >= 15 is 0 Å². The third-order valence-electron chi connectivity index (χ3n) is 3.27. The highest BCUT2D eigenvalue weighted by Gasteiger charge is 2.24. The van der Waals surface area contributed by atoms with E-state index in [4.69, 9.17) is 15.2 Å². The maximum absolute atomic E-state index is 11.9. The van der Waals surface area contributed by atoms with Gasteiger partial charge in [-0.2, -0.15) is 0 Å². The van der Waals surface area contributed by atoms with Crippen molar-refractivity contribution in [3.63, 3.8) is 0 Å².